The molecule has 9 heteroatoms. The van der Waals surface area contributed by atoms with Crippen LogP contribution in [-0.4, -0.2) is 20.5 Å². The highest BCUT2D eigenvalue weighted by Crippen LogP contribution is 2.34. The summed E-state index contributed by atoms with van der Waals surface area (Å²) in [5.41, 5.74) is 0.992. The second-order valence-corrected chi connectivity index (χ2v) is 8.77. The average molecular weight is 459 g/mol. The molecule has 0 saturated heterocycles. The molecule has 0 amide bonds. The molecular weight excluding hydrogens is 443 g/mol. The van der Waals surface area contributed by atoms with E-state index in [1.54, 1.807) is 31.4 Å². The van der Waals surface area contributed by atoms with E-state index in [1.807, 2.05) is 0 Å². The first kappa shape index (κ1) is 20.9. The summed E-state index contributed by atoms with van der Waals surface area (Å²) in [6, 6.07) is 18.0. The molecule has 6 nitrogen and oxygen atoms in total. The predicted molar refractivity (Wildman–Crippen MR) is 115 cm³/mol. The molecule has 4 rings (SSSR count). The molecule has 0 bridgehead atoms. The maximum absolute atomic E-state index is 13.3. The standard InChI is InChI=1S/C22H16ClFN2O4S/c1-29-18-10-2-14(3-11-18)20-26-22(31(27,28)19-12-4-15(23)5-13-19)21(30-20)25-17-8-6-16(24)7-9-17/h2-13,25H,1H3. The van der Waals surface area contributed by atoms with Gasteiger partial charge in [0, 0.05) is 16.3 Å². The number of oxazole rings is 1. The van der Waals surface area contributed by atoms with Crippen LogP contribution >= 0.6 is 11.6 Å². The molecule has 3 aromatic carbocycles. The molecule has 4 aromatic rings. The maximum Gasteiger partial charge on any atom is 0.238 e. The van der Waals surface area contributed by atoms with Gasteiger partial charge >= 0.3 is 0 Å². The third-order valence-electron chi connectivity index (χ3n) is 4.41. The molecule has 1 heterocycles. The molecule has 0 fully saturated rings. The first-order chi connectivity index (χ1) is 14.9. The number of halogens is 2. The Morgan fingerprint density at radius 1 is 0.968 bits per heavy atom. The number of hydrogen-bond donors (Lipinski definition) is 1. The highest BCUT2D eigenvalue weighted by Gasteiger charge is 2.29. The fourth-order valence-electron chi connectivity index (χ4n) is 2.81. The Hall–Kier alpha value is -3.36. The van der Waals surface area contributed by atoms with E-state index in [1.165, 1.54) is 48.5 Å². The topological polar surface area (TPSA) is 81.4 Å². The van der Waals surface area contributed by atoms with Gasteiger partial charge in [-0.25, -0.2) is 12.8 Å². The van der Waals surface area contributed by atoms with Crippen LogP contribution in [-0.2, 0) is 9.84 Å². The van der Waals surface area contributed by atoms with Crippen LogP contribution in [0.2, 0.25) is 5.02 Å². The first-order valence-corrected chi connectivity index (χ1v) is 10.9. The van der Waals surface area contributed by atoms with Gasteiger partial charge in [-0.1, -0.05) is 11.6 Å². The molecule has 0 spiro atoms. The zero-order chi connectivity index (χ0) is 22.0. The molecule has 0 aliphatic heterocycles. The second kappa shape index (κ2) is 8.41. The van der Waals surface area contributed by atoms with Gasteiger partial charge in [-0.3, -0.25) is 0 Å². The Bertz CT molecular complexity index is 1300. The van der Waals surface area contributed by atoms with Gasteiger partial charge < -0.3 is 14.5 Å². The molecule has 0 aliphatic rings. The predicted octanol–water partition coefficient (Wildman–Crippen LogP) is 5.72. The highest BCUT2D eigenvalue weighted by atomic mass is 35.5. The Labute approximate surface area is 183 Å². The smallest absolute Gasteiger partial charge is 0.238 e. The van der Waals surface area contributed by atoms with E-state index >= 15 is 0 Å². The van der Waals surface area contributed by atoms with E-state index in [9.17, 15) is 12.8 Å². The lowest BCUT2D eigenvalue weighted by molar-refractivity contribution is 0.415. The molecule has 0 aliphatic carbocycles. The van der Waals surface area contributed by atoms with Crippen LogP contribution < -0.4 is 10.1 Å². The quantitative estimate of drug-likeness (QED) is 0.398. The molecule has 0 atom stereocenters. The number of benzene rings is 3. The molecule has 31 heavy (non-hydrogen) atoms. The van der Waals surface area contributed by atoms with Crippen molar-refractivity contribution in [1.82, 2.24) is 4.98 Å². The van der Waals surface area contributed by atoms with Gasteiger partial charge in [0.25, 0.3) is 0 Å². The van der Waals surface area contributed by atoms with Crippen LogP contribution in [0, 0.1) is 5.82 Å². The summed E-state index contributed by atoms with van der Waals surface area (Å²) in [6.07, 6.45) is 0. The molecule has 158 valence electrons. The zero-order valence-corrected chi connectivity index (χ0v) is 17.7. The molecular formula is C22H16ClFN2O4S. The van der Waals surface area contributed by atoms with Crippen molar-refractivity contribution in [3.05, 3.63) is 83.6 Å². The number of aromatic nitrogens is 1. The van der Waals surface area contributed by atoms with Crippen molar-refractivity contribution < 1.29 is 22.0 Å². The van der Waals surface area contributed by atoms with Gasteiger partial charge in [-0.05, 0) is 72.8 Å². The normalized spacial score (nSPS) is 11.3. The highest BCUT2D eigenvalue weighted by molar-refractivity contribution is 7.91. The van der Waals surface area contributed by atoms with E-state index in [4.69, 9.17) is 20.8 Å². The number of nitrogens with one attached hydrogen (secondary N) is 1. The minimum Gasteiger partial charge on any atom is -0.497 e. The summed E-state index contributed by atoms with van der Waals surface area (Å²) in [5.74, 6) is 0.220. The van der Waals surface area contributed by atoms with Crippen molar-refractivity contribution in [3.63, 3.8) is 0 Å². The van der Waals surface area contributed by atoms with Crippen molar-refractivity contribution in [3.8, 4) is 17.2 Å². The number of methoxy groups -OCH3 is 1. The zero-order valence-electron chi connectivity index (χ0n) is 16.2. The van der Waals surface area contributed by atoms with Gasteiger partial charge in [0.2, 0.25) is 26.6 Å². The monoisotopic (exact) mass is 458 g/mol. The van der Waals surface area contributed by atoms with Crippen LogP contribution in [0.15, 0.2) is 87.1 Å². The average Bonchev–Trinajstić information content (AvgIpc) is 3.20. The Morgan fingerprint density at radius 3 is 2.23 bits per heavy atom. The molecule has 1 aromatic heterocycles. The van der Waals surface area contributed by atoms with Crippen LogP contribution in [0.25, 0.3) is 11.5 Å². The summed E-state index contributed by atoms with van der Waals surface area (Å²) in [6.45, 7) is 0. The summed E-state index contributed by atoms with van der Waals surface area (Å²) in [5, 5.41) is 2.98. The lowest BCUT2D eigenvalue weighted by atomic mass is 10.2. The fourth-order valence-corrected chi connectivity index (χ4v) is 4.20. The minimum absolute atomic E-state index is 0.00800. The lowest BCUT2D eigenvalue weighted by Gasteiger charge is -2.06. The van der Waals surface area contributed by atoms with E-state index in [0.717, 1.165) is 0 Å². The number of rotatable bonds is 6. The summed E-state index contributed by atoms with van der Waals surface area (Å²) >= 11 is 5.89. The fraction of sp³-hybridized carbons (Fsp3) is 0.0455. The van der Waals surface area contributed by atoms with Gasteiger partial charge in [-0.2, -0.15) is 4.98 Å². The summed E-state index contributed by atoms with van der Waals surface area (Å²) < 4.78 is 50.7. The largest absolute Gasteiger partial charge is 0.497 e. The van der Waals surface area contributed by atoms with E-state index < -0.39 is 15.7 Å². The SMILES string of the molecule is COc1ccc(-c2nc(S(=O)(=O)c3ccc(Cl)cc3)c(Nc3ccc(F)cc3)o2)cc1. The van der Waals surface area contributed by atoms with E-state index in [-0.39, 0.29) is 21.7 Å². The van der Waals surface area contributed by atoms with Crippen molar-refractivity contribution in [2.45, 2.75) is 9.92 Å². The Balaban J connectivity index is 1.81. The number of sulfone groups is 1. The van der Waals surface area contributed by atoms with Crippen LogP contribution in [0.4, 0.5) is 16.0 Å². The van der Waals surface area contributed by atoms with Crippen molar-refractivity contribution in [1.29, 1.82) is 0 Å². The lowest BCUT2D eigenvalue weighted by Crippen LogP contribution is -2.05. The van der Waals surface area contributed by atoms with Crippen molar-refractivity contribution >= 4 is 33.0 Å². The number of hydrogen-bond acceptors (Lipinski definition) is 6. The maximum atomic E-state index is 13.3. The van der Waals surface area contributed by atoms with Gasteiger partial charge in [0.15, 0.2) is 0 Å². The van der Waals surface area contributed by atoms with Gasteiger partial charge in [0.05, 0.1) is 12.0 Å². The number of ether oxygens (including phenoxy) is 1. The number of anilines is 2. The van der Waals surface area contributed by atoms with Gasteiger partial charge in [-0.15, -0.1) is 0 Å². The van der Waals surface area contributed by atoms with E-state index in [0.29, 0.717) is 22.0 Å². The van der Waals surface area contributed by atoms with E-state index in [2.05, 4.69) is 10.3 Å². The van der Waals surface area contributed by atoms with Crippen LogP contribution in [0.3, 0.4) is 0 Å². The molecule has 0 saturated carbocycles. The Kier molecular flexibility index (Phi) is 5.67. The second-order valence-electron chi connectivity index (χ2n) is 6.47. The first-order valence-electron chi connectivity index (χ1n) is 9.05. The summed E-state index contributed by atoms with van der Waals surface area (Å²) in [7, 11) is -2.50. The third kappa shape index (κ3) is 4.40. The molecule has 1 N–H and O–H groups in total. The van der Waals surface area contributed by atoms with Crippen molar-refractivity contribution in [2.24, 2.45) is 0 Å². The third-order valence-corrected chi connectivity index (χ3v) is 6.34. The number of nitrogens with zero attached hydrogens (tertiary/aromatic N) is 1. The van der Waals surface area contributed by atoms with Gasteiger partial charge in [0.1, 0.15) is 11.6 Å². The van der Waals surface area contributed by atoms with Crippen molar-refractivity contribution in [2.75, 3.05) is 12.4 Å². The minimum atomic E-state index is -4.04. The molecule has 0 radical (unpaired) electrons. The Morgan fingerprint density at radius 2 is 1.61 bits per heavy atom. The van der Waals surface area contributed by atoms with Crippen LogP contribution in [0.5, 0.6) is 5.75 Å². The molecule has 0 unspecified atom stereocenters. The van der Waals surface area contributed by atoms with Crippen LogP contribution in [0.1, 0.15) is 0 Å². The summed E-state index contributed by atoms with van der Waals surface area (Å²) in [4.78, 5) is 4.26.